The number of rotatable bonds is 8. The van der Waals surface area contributed by atoms with Gasteiger partial charge in [0.1, 0.15) is 5.82 Å². The summed E-state index contributed by atoms with van der Waals surface area (Å²) >= 11 is 0. The van der Waals surface area contributed by atoms with Crippen molar-refractivity contribution in [3.63, 3.8) is 0 Å². The van der Waals surface area contributed by atoms with Crippen LogP contribution in [0.4, 0.5) is 15.8 Å². The molecular weight excluding hydrogens is 422 g/mol. The molecule has 2 rings (SSSR count). The third kappa shape index (κ3) is 8.84. The second-order valence-electron chi connectivity index (χ2n) is 7.07. The third-order valence-electron chi connectivity index (χ3n) is 4.55. The molecule has 1 atom stereocenters. The zero-order valence-electron chi connectivity index (χ0n) is 16.8. The van der Waals surface area contributed by atoms with Crippen molar-refractivity contribution >= 4 is 48.0 Å². The summed E-state index contributed by atoms with van der Waals surface area (Å²) in [5.74, 6) is -1.18. The molecule has 166 valence electrons. The summed E-state index contributed by atoms with van der Waals surface area (Å²) in [6, 6.07) is 4.06. The Hall–Kier alpha value is -1.45. The predicted octanol–water partition coefficient (Wildman–Crippen LogP) is 2.79. The molecule has 1 aromatic carbocycles. The van der Waals surface area contributed by atoms with Crippen molar-refractivity contribution in [2.24, 2.45) is 5.73 Å². The van der Waals surface area contributed by atoms with Gasteiger partial charge in [-0.2, -0.15) is 0 Å². The molecule has 0 aromatic heterocycles. The number of nitrogens with zero attached hydrogens (tertiary/aromatic N) is 1. The Labute approximate surface area is 183 Å². The summed E-state index contributed by atoms with van der Waals surface area (Å²) in [5, 5.41) is 5.26. The number of nitrogens with one attached hydrogen (secondary N) is 2. The van der Waals surface area contributed by atoms with Crippen LogP contribution >= 0.6 is 24.8 Å². The van der Waals surface area contributed by atoms with Gasteiger partial charge in [-0.15, -0.1) is 24.8 Å². The molecule has 29 heavy (non-hydrogen) atoms. The lowest BCUT2D eigenvalue weighted by Gasteiger charge is -2.26. The van der Waals surface area contributed by atoms with Crippen molar-refractivity contribution < 1.29 is 18.7 Å². The maximum atomic E-state index is 14.0. The second-order valence-corrected chi connectivity index (χ2v) is 7.07. The van der Waals surface area contributed by atoms with E-state index in [1.165, 1.54) is 18.2 Å². The molecule has 0 radical (unpaired) electrons. The quantitative estimate of drug-likeness (QED) is 0.563. The Morgan fingerprint density at radius 2 is 1.90 bits per heavy atom. The lowest BCUT2D eigenvalue weighted by atomic mass is 9.96. The van der Waals surface area contributed by atoms with Crippen LogP contribution in [0.3, 0.4) is 0 Å². The van der Waals surface area contributed by atoms with Gasteiger partial charge in [0.15, 0.2) is 0 Å². The molecule has 1 aromatic rings. The first-order valence-electron chi connectivity index (χ1n) is 9.31. The lowest BCUT2D eigenvalue weighted by Crippen LogP contribution is -2.48. The Morgan fingerprint density at radius 3 is 2.52 bits per heavy atom. The van der Waals surface area contributed by atoms with Gasteiger partial charge in [0, 0.05) is 31.7 Å². The number of morpholine rings is 1. The molecule has 1 heterocycles. The molecule has 1 aliphatic rings. The fraction of sp³-hybridized carbons (Fsp3) is 0.579. The standard InChI is InChI=1S/C19H29FN4O3.2ClH/c1-3-7-19(2,21)18(26)22-14-4-5-15(20)16(13-14)23-17(25)6-8-24-9-11-27-12-10-24;;/h4-5,13H,3,6-12,21H2,1-2H3,(H,22,26)(H,23,25);2*1H. The molecule has 1 fully saturated rings. The number of hydrogen-bond donors (Lipinski definition) is 3. The predicted molar refractivity (Wildman–Crippen MR) is 118 cm³/mol. The van der Waals surface area contributed by atoms with E-state index in [4.69, 9.17) is 10.5 Å². The van der Waals surface area contributed by atoms with E-state index in [0.29, 0.717) is 31.9 Å². The Bertz CT molecular complexity index is 671. The highest BCUT2D eigenvalue weighted by atomic mass is 35.5. The maximum Gasteiger partial charge on any atom is 0.244 e. The minimum absolute atomic E-state index is 0. The average molecular weight is 453 g/mol. The fourth-order valence-corrected chi connectivity index (χ4v) is 2.90. The van der Waals surface area contributed by atoms with Crippen molar-refractivity contribution in [1.82, 2.24) is 4.90 Å². The van der Waals surface area contributed by atoms with E-state index in [2.05, 4.69) is 15.5 Å². The largest absolute Gasteiger partial charge is 0.379 e. The summed E-state index contributed by atoms with van der Waals surface area (Å²) in [6.45, 7) is 7.10. The van der Waals surface area contributed by atoms with Gasteiger partial charge in [-0.1, -0.05) is 13.3 Å². The number of amides is 2. The number of benzene rings is 1. The van der Waals surface area contributed by atoms with Gasteiger partial charge in [-0.3, -0.25) is 14.5 Å². The Kier molecular flexibility index (Phi) is 12.3. The summed E-state index contributed by atoms with van der Waals surface area (Å²) in [6.07, 6.45) is 1.56. The SMILES string of the molecule is CCCC(C)(N)C(=O)Nc1ccc(F)c(NC(=O)CCN2CCOCC2)c1.Cl.Cl. The smallest absolute Gasteiger partial charge is 0.244 e. The average Bonchev–Trinajstić information content (AvgIpc) is 2.63. The molecule has 2 amide bonds. The first-order valence-corrected chi connectivity index (χ1v) is 9.31. The highest BCUT2D eigenvalue weighted by Crippen LogP contribution is 2.21. The van der Waals surface area contributed by atoms with Crippen molar-refractivity contribution in [1.29, 1.82) is 0 Å². The number of carbonyl (C=O) groups is 2. The minimum Gasteiger partial charge on any atom is -0.379 e. The van der Waals surface area contributed by atoms with Crippen LogP contribution in [0.1, 0.15) is 33.1 Å². The molecular formula is C19H31Cl2FN4O3. The van der Waals surface area contributed by atoms with Crippen molar-refractivity contribution in [2.45, 2.75) is 38.6 Å². The molecule has 1 unspecified atom stereocenters. The number of ether oxygens (including phenoxy) is 1. The summed E-state index contributed by atoms with van der Waals surface area (Å²) < 4.78 is 19.3. The molecule has 0 aliphatic carbocycles. The Balaban J connectivity index is 0.00000392. The molecule has 0 saturated carbocycles. The number of anilines is 2. The zero-order chi connectivity index (χ0) is 19.9. The van der Waals surface area contributed by atoms with E-state index in [9.17, 15) is 14.0 Å². The Morgan fingerprint density at radius 1 is 1.24 bits per heavy atom. The minimum atomic E-state index is -1.01. The van der Waals surface area contributed by atoms with E-state index in [1.54, 1.807) is 6.92 Å². The monoisotopic (exact) mass is 452 g/mol. The van der Waals surface area contributed by atoms with Gasteiger partial charge in [-0.25, -0.2) is 4.39 Å². The number of carbonyl (C=O) groups excluding carboxylic acids is 2. The zero-order valence-corrected chi connectivity index (χ0v) is 18.5. The van der Waals surface area contributed by atoms with Crippen molar-refractivity contribution in [3.8, 4) is 0 Å². The molecule has 1 aliphatic heterocycles. The van der Waals surface area contributed by atoms with E-state index < -0.39 is 11.4 Å². The molecule has 1 saturated heterocycles. The van der Waals surface area contributed by atoms with Gasteiger partial charge in [0.2, 0.25) is 11.8 Å². The molecule has 7 nitrogen and oxygen atoms in total. The number of hydrogen-bond acceptors (Lipinski definition) is 5. The van der Waals surface area contributed by atoms with E-state index in [1.807, 2.05) is 6.92 Å². The van der Waals surface area contributed by atoms with Crippen LogP contribution in [0.5, 0.6) is 0 Å². The lowest BCUT2D eigenvalue weighted by molar-refractivity contribution is -0.121. The third-order valence-corrected chi connectivity index (χ3v) is 4.55. The molecule has 0 bridgehead atoms. The fourth-order valence-electron chi connectivity index (χ4n) is 2.90. The maximum absolute atomic E-state index is 14.0. The normalized spacial score (nSPS) is 16.0. The number of halogens is 3. The van der Waals surface area contributed by atoms with Gasteiger partial charge in [0.05, 0.1) is 24.4 Å². The van der Waals surface area contributed by atoms with E-state index in [-0.39, 0.29) is 48.7 Å². The molecule has 10 heteroatoms. The van der Waals surface area contributed by atoms with Gasteiger partial charge in [0.25, 0.3) is 0 Å². The first-order chi connectivity index (χ1) is 12.8. The van der Waals surface area contributed by atoms with Crippen molar-refractivity contribution in [2.75, 3.05) is 43.5 Å². The van der Waals surface area contributed by atoms with Crippen LogP contribution in [0.2, 0.25) is 0 Å². The first kappa shape index (κ1) is 27.5. The molecule has 4 N–H and O–H groups in total. The highest BCUT2D eigenvalue weighted by molar-refractivity contribution is 5.98. The van der Waals surface area contributed by atoms with Crippen LogP contribution < -0.4 is 16.4 Å². The summed E-state index contributed by atoms with van der Waals surface area (Å²) in [4.78, 5) is 26.6. The van der Waals surface area contributed by atoms with Crippen LogP contribution in [0.25, 0.3) is 0 Å². The van der Waals surface area contributed by atoms with Gasteiger partial charge >= 0.3 is 0 Å². The van der Waals surface area contributed by atoms with Crippen LogP contribution in [-0.4, -0.2) is 55.1 Å². The topological polar surface area (TPSA) is 96.7 Å². The van der Waals surface area contributed by atoms with Crippen LogP contribution in [0.15, 0.2) is 18.2 Å². The summed E-state index contributed by atoms with van der Waals surface area (Å²) in [7, 11) is 0. The van der Waals surface area contributed by atoms with Crippen LogP contribution in [0, 0.1) is 5.82 Å². The van der Waals surface area contributed by atoms with Gasteiger partial charge < -0.3 is 21.1 Å². The van der Waals surface area contributed by atoms with Gasteiger partial charge in [-0.05, 0) is 31.5 Å². The number of nitrogens with two attached hydrogens (primary N) is 1. The summed E-state index contributed by atoms with van der Waals surface area (Å²) in [5.41, 5.74) is 5.42. The van der Waals surface area contributed by atoms with E-state index in [0.717, 1.165) is 19.5 Å². The second kappa shape index (κ2) is 13.0. The van der Waals surface area contributed by atoms with Crippen molar-refractivity contribution in [3.05, 3.63) is 24.0 Å². The molecule has 0 spiro atoms. The van der Waals surface area contributed by atoms with E-state index >= 15 is 0 Å². The van der Waals surface area contributed by atoms with Crippen LogP contribution in [-0.2, 0) is 14.3 Å². The highest BCUT2D eigenvalue weighted by Gasteiger charge is 2.27.